The van der Waals surface area contributed by atoms with E-state index in [4.69, 9.17) is 11.6 Å². The van der Waals surface area contributed by atoms with E-state index in [-0.39, 0.29) is 11.4 Å². The molecule has 0 unspecified atom stereocenters. The number of aromatic nitrogens is 1. The van der Waals surface area contributed by atoms with Crippen LogP contribution in [0.3, 0.4) is 0 Å². The molecule has 0 saturated heterocycles. The molecule has 0 fully saturated rings. The summed E-state index contributed by atoms with van der Waals surface area (Å²) in [6.45, 7) is 0. The quantitative estimate of drug-likeness (QED) is 0.456. The van der Waals surface area contributed by atoms with E-state index < -0.39 is 11.8 Å². The van der Waals surface area contributed by atoms with E-state index in [2.05, 4.69) is 4.98 Å². The Balaban J connectivity index is 3.17. The normalized spacial score (nSPS) is 9.90. The molecule has 0 aliphatic rings. The van der Waals surface area contributed by atoms with E-state index in [1.165, 1.54) is 0 Å². The molecule has 0 N–H and O–H groups in total. The van der Waals surface area contributed by atoms with E-state index >= 15 is 0 Å². The van der Waals surface area contributed by atoms with Gasteiger partial charge in [-0.1, -0.05) is 0 Å². The van der Waals surface area contributed by atoms with Crippen molar-refractivity contribution in [3.05, 3.63) is 29.6 Å². The molecule has 1 aromatic rings. The van der Waals surface area contributed by atoms with Crippen LogP contribution in [0.5, 0.6) is 0 Å². The molecule has 0 radical (unpaired) electrons. The van der Waals surface area contributed by atoms with Gasteiger partial charge in [-0.3, -0.25) is 0 Å². The first-order valence-electron chi connectivity index (χ1n) is 2.60. The summed E-state index contributed by atoms with van der Waals surface area (Å²) in [7, 11) is 0. The zero-order valence-electron chi connectivity index (χ0n) is 4.94. The van der Waals surface area contributed by atoms with Crippen molar-refractivity contribution in [3.8, 4) is 0 Å². The molecule has 0 aromatic carbocycles. The molecule has 1 heterocycles. The van der Waals surface area contributed by atoms with Crippen molar-refractivity contribution in [1.29, 1.82) is 0 Å². The molecule has 54 valence electrons. The van der Waals surface area contributed by atoms with Gasteiger partial charge in [-0.15, -0.1) is 11.6 Å². The van der Waals surface area contributed by atoms with Crippen LogP contribution in [0.4, 0.5) is 8.78 Å². The van der Waals surface area contributed by atoms with Gasteiger partial charge >= 0.3 is 0 Å². The monoisotopic (exact) mass is 163 g/mol. The van der Waals surface area contributed by atoms with Gasteiger partial charge in [-0.2, -0.15) is 4.39 Å². The maximum atomic E-state index is 12.5. The van der Waals surface area contributed by atoms with Gasteiger partial charge in [0.15, 0.2) is 0 Å². The summed E-state index contributed by atoms with van der Waals surface area (Å²) in [6.07, 6.45) is 1.06. The van der Waals surface area contributed by atoms with Gasteiger partial charge in [0, 0.05) is 6.20 Å². The van der Waals surface area contributed by atoms with Crippen LogP contribution in [0.2, 0.25) is 0 Å². The van der Waals surface area contributed by atoms with Crippen LogP contribution in [-0.2, 0) is 5.88 Å². The maximum Gasteiger partial charge on any atom is 0.220 e. The van der Waals surface area contributed by atoms with Crippen molar-refractivity contribution in [1.82, 2.24) is 4.98 Å². The van der Waals surface area contributed by atoms with E-state index in [0.717, 1.165) is 12.3 Å². The van der Waals surface area contributed by atoms with E-state index in [0.29, 0.717) is 0 Å². The fourth-order valence-corrected chi connectivity index (χ4v) is 0.802. The lowest BCUT2D eigenvalue weighted by molar-refractivity contribution is 0.535. The lowest BCUT2D eigenvalue weighted by Gasteiger charge is -1.96. The van der Waals surface area contributed by atoms with Crippen LogP contribution in [0, 0.1) is 11.8 Å². The minimum absolute atomic E-state index is 0.177. The van der Waals surface area contributed by atoms with E-state index in [1.54, 1.807) is 0 Å². The van der Waals surface area contributed by atoms with Crippen molar-refractivity contribution in [2.45, 2.75) is 5.88 Å². The lowest BCUT2D eigenvalue weighted by Crippen LogP contribution is -1.94. The van der Waals surface area contributed by atoms with Crippen LogP contribution in [0.15, 0.2) is 12.3 Å². The molecule has 0 aliphatic heterocycles. The van der Waals surface area contributed by atoms with Gasteiger partial charge in [0.1, 0.15) is 5.82 Å². The Labute approximate surface area is 61.7 Å². The summed E-state index contributed by atoms with van der Waals surface area (Å²) in [5.41, 5.74) is -0.177. The predicted molar refractivity (Wildman–Crippen MR) is 33.7 cm³/mol. The van der Waals surface area contributed by atoms with Gasteiger partial charge in [0.25, 0.3) is 0 Å². The largest absolute Gasteiger partial charge is 0.228 e. The lowest BCUT2D eigenvalue weighted by atomic mass is 10.3. The highest BCUT2D eigenvalue weighted by atomic mass is 35.5. The van der Waals surface area contributed by atoms with Crippen LogP contribution in [-0.4, -0.2) is 4.98 Å². The van der Waals surface area contributed by atoms with Crippen LogP contribution in [0.1, 0.15) is 5.56 Å². The van der Waals surface area contributed by atoms with Crippen molar-refractivity contribution >= 4 is 11.6 Å². The molecular formula is C6H4ClF2N. The molecule has 0 saturated carbocycles. The summed E-state index contributed by atoms with van der Waals surface area (Å²) in [5.74, 6) is -1.68. The fraction of sp³-hybridized carbons (Fsp3) is 0.167. The SMILES string of the molecule is Fc1ccnc(F)c1CCl. The molecule has 0 bridgehead atoms. The summed E-state index contributed by atoms with van der Waals surface area (Å²) >= 11 is 5.22. The number of pyridine rings is 1. The minimum Gasteiger partial charge on any atom is -0.228 e. The second-order valence-corrected chi connectivity index (χ2v) is 1.96. The number of hydrogen-bond acceptors (Lipinski definition) is 1. The molecule has 0 aliphatic carbocycles. The highest BCUT2D eigenvalue weighted by Gasteiger charge is 2.06. The average Bonchev–Trinajstić information content (AvgIpc) is 1.88. The van der Waals surface area contributed by atoms with Gasteiger partial charge < -0.3 is 0 Å². The first kappa shape index (κ1) is 7.41. The Hall–Kier alpha value is -0.700. The predicted octanol–water partition coefficient (Wildman–Crippen LogP) is 2.10. The van der Waals surface area contributed by atoms with Gasteiger partial charge in [-0.05, 0) is 6.07 Å². The molecule has 10 heavy (non-hydrogen) atoms. The van der Waals surface area contributed by atoms with Crippen LogP contribution < -0.4 is 0 Å². The first-order valence-corrected chi connectivity index (χ1v) is 3.14. The number of nitrogens with zero attached hydrogens (tertiary/aromatic N) is 1. The number of rotatable bonds is 1. The smallest absolute Gasteiger partial charge is 0.220 e. The summed E-state index contributed by atoms with van der Waals surface area (Å²) in [5, 5.41) is 0. The van der Waals surface area contributed by atoms with Crippen LogP contribution in [0.25, 0.3) is 0 Å². The topological polar surface area (TPSA) is 12.9 Å². The van der Waals surface area contributed by atoms with Crippen molar-refractivity contribution < 1.29 is 8.78 Å². The Bertz CT molecular complexity index is 219. The Morgan fingerprint density at radius 2 is 2.20 bits per heavy atom. The van der Waals surface area contributed by atoms with Gasteiger partial charge in [0.05, 0.1) is 11.4 Å². The molecule has 0 atom stereocenters. The first-order chi connectivity index (χ1) is 4.75. The molecule has 1 aromatic heterocycles. The summed E-state index contributed by atoms with van der Waals surface area (Å²) in [4.78, 5) is 3.22. The Morgan fingerprint density at radius 1 is 1.50 bits per heavy atom. The highest BCUT2D eigenvalue weighted by Crippen LogP contribution is 2.11. The average molecular weight is 164 g/mol. The van der Waals surface area contributed by atoms with Gasteiger partial charge in [0.2, 0.25) is 5.95 Å². The minimum atomic E-state index is -0.838. The standard InChI is InChI=1S/C6H4ClF2N/c7-3-4-5(8)1-2-10-6(4)9/h1-2H,3H2. The molecule has 0 amide bonds. The van der Waals surface area contributed by atoms with Crippen molar-refractivity contribution in [2.75, 3.05) is 0 Å². The molecule has 1 rings (SSSR count). The highest BCUT2D eigenvalue weighted by molar-refractivity contribution is 6.17. The molecule has 4 heteroatoms. The summed E-state index contributed by atoms with van der Waals surface area (Å²) in [6, 6.07) is 1.07. The van der Waals surface area contributed by atoms with E-state index in [1.807, 2.05) is 0 Å². The second-order valence-electron chi connectivity index (χ2n) is 1.70. The number of hydrogen-bond donors (Lipinski definition) is 0. The maximum absolute atomic E-state index is 12.5. The Kier molecular flexibility index (Phi) is 2.17. The van der Waals surface area contributed by atoms with Crippen LogP contribution >= 0.6 is 11.6 Å². The Morgan fingerprint density at radius 3 is 2.60 bits per heavy atom. The molecular weight excluding hydrogens is 160 g/mol. The fourth-order valence-electron chi connectivity index (χ4n) is 0.564. The van der Waals surface area contributed by atoms with Gasteiger partial charge in [-0.25, -0.2) is 9.37 Å². The third-order valence-corrected chi connectivity index (χ3v) is 1.35. The molecule has 1 nitrogen and oxygen atoms in total. The van der Waals surface area contributed by atoms with Crippen molar-refractivity contribution in [2.24, 2.45) is 0 Å². The third kappa shape index (κ3) is 1.24. The van der Waals surface area contributed by atoms with E-state index in [9.17, 15) is 8.78 Å². The number of alkyl halides is 1. The van der Waals surface area contributed by atoms with Crippen molar-refractivity contribution in [3.63, 3.8) is 0 Å². The third-order valence-electron chi connectivity index (χ3n) is 1.08. The zero-order valence-corrected chi connectivity index (χ0v) is 5.70. The molecule has 0 spiro atoms. The second kappa shape index (κ2) is 2.92. The zero-order chi connectivity index (χ0) is 7.56. The number of halogens is 3. The summed E-state index contributed by atoms with van der Waals surface area (Å²) < 4.78 is 24.9.